The van der Waals surface area contributed by atoms with Crippen LogP contribution in [0.25, 0.3) is 0 Å². The number of nitrogens with one attached hydrogen (secondary N) is 1. The first-order valence-corrected chi connectivity index (χ1v) is 12.9. The third-order valence-electron chi connectivity index (χ3n) is 7.70. The smallest absolute Gasteiger partial charge is 0.341 e. The fraction of sp³-hybridized carbons (Fsp3) is 0.480. The van der Waals surface area contributed by atoms with Crippen molar-refractivity contribution in [2.75, 3.05) is 24.4 Å². The number of rotatable bonds is 6. The highest BCUT2D eigenvalue weighted by Crippen LogP contribution is 2.55. The molecular formula is C25H27FN2O4S. The van der Waals surface area contributed by atoms with Crippen LogP contribution in [0.2, 0.25) is 0 Å². The molecule has 1 aliphatic carbocycles. The van der Waals surface area contributed by atoms with E-state index in [9.17, 15) is 18.5 Å². The molecule has 2 aromatic rings. The summed E-state index contributed by atoms with van der Waals surface area (Å²) in [5.74, 6) is 0.158. The second kappa shape index (κ2) is 8.09. The van der Waals surface area contributed by atoms with Gasteiger partial charge in [0.15, 0.2) is 11.0 Å². The number of halogens is 1. The molecule has 0 bridgehead atoms. The Bertz CT molecular complexity index is 1140. The highest BCUT2D eigenvalue weighted by atomic mass is 32.2. The lowest BCUT2D eigenvalue weighted by Crippen LogP contribution is -2.22. The van der Waals surface area contributed by atoms with Gasteiger partial charge < -0.3 is 19.5 Å². The van der Waals surface area contributed by atoms with Crippen LogP contribution >= 0.6 is 0 Å². The topological polar surface area (TPSA) is 78.9 Å². The summed E-state index contributed by atoms with van der Waals surface area (Å²) in [5, 5.41) is 9.89. The normalized spacial score (nSPS) is 28.4. The van der Waals surface area contributed by atoms with Crippen molar-refractivity contribution in [3.05, 3.63) is 52.8 Å². The lowest BCUT2D eigenvalue weighted by molar-refractivity contribution is 0.0692. The zero-order valence-electron chi connectivity index (χ0n) is 18.3. The Hall–Kier alpha value is -2.45. The summed E-state index contributed by atoms with van der Waals surface area (Å²) in [6.45, 7) is 2.64. The van der Waals surface area contributed by atoms with E-state index in [-0.39, 0.29) is 17.1 Å². The minimum absolute atomic E-state index is 0.0197. The van der Waals surface area contributed by atoms with E-state index in [0.29, 0.717) is 47.5 Å². The molecule has 3 aliphatic heterocycles. The SMILES string of the molecule is O=C(O)c1c(NS(=O)c2ccc(F)cc2CC2CC3CCCN3C2)ccc2c1OCC1CC21. The van der Waals surface area contributed by atoms with Crippen molar-refractivity contribution in [2.24, 2.45) is 11.8 Å². The van der Waals surface area contributed by atoms with Crippen molar-refractivity contribution >= 4 is 22.6 Å². The van der Waals surface area contributed by atoms with Gasteiger partial charge in [0.2, 0.25) is 0 Å². The van der Waals surface area contributed by atoms with Gasteiger partial charge in [0.25, 0.3) is 0 Å². The molecule has 0 radical (unpaired) electrons. The van der Waals surface area contributed by atoms with E-state index >= 15 is 0 Å². The molecule has 0 spiro atoms. The van der Waals surface area contributed by atoms with Crippen LogP contribution in [0.15, 0.2) is 35.2 Å². The molecule has 8 heteroatoms. The summed E-state index contributed by atoms with van der Waals surface area (Å²) in [5.41, 5.74) is 1.92. The Morgan fingerprint density at radius 2 is 2.15 bits per heavy atom. The third kappa shape index (κ3) is 3.83. The van der Waals surface area contributed by atoms with Gasteiger partial charge in [-0.05, 0) is 85.9 Å². The molecule has 0 aromatic heterocycles. The van der Waals surface area contributed by atoms with Gasteiger partial charge in [-0.2, -0.15) is 0 Å². The molecule has 1 saturated carbocycles. The maximum absolute atomic E-state index is 14.1. The number of carbonyl (C=O) groups is 1. The van der Waals surface area contributed by atoms with E-state index in [2.05, 4.69) is 9.62 Å². The quantitative estimate of drug-likeness (QED) is 0.662. The average Bonchev–Trinajstić information content (AvgIpc) is 3.30. The second-order valence-corrected chi connectivity index (χ2v) is 11.0. The number of benzene rings is 2. The molecule has 2 saturated heterocycles. The van der Waals surface area contributed by atoms with Crippen LogP contribution in [0.4, 0.5) is 10.1 Å². The lowest BCUT2D eigenvalue weighted by Gasteiger charge is -2.21. The third-order valence-corrected chi connectivity index (χ3v) is 8.90. The van der Waals surface area contributed by atoms with Gasteiger partial charge in [0.05, 0.1) is 17.2 Å². The van der Waals surface area contributed by atoms with E-state index in [1.165, 1.54) is 25.0 Å². The van der Waals surface area contributed by atoms with Gasteiger partial charge in [-0.3, -0.25) is 0 Å². The Labute approximate surface area is 194 Å². The number of carboxylic acid groups (broad SMARTS) is 1. The Kier molecular flexibility index (Phi) is 5.18. The molecule has 3 fully saturated rings. The molecule has 5 unspecified atom stereocenters. The van der Waals surface area contributed by atoms with E-state index in [4.69, 9.17) is 4.74 Å². The van der Waals surface area contributed by atoms with Crippen LogP contribution in [0, 0.1) is 17.7 Å². The molecule has 6 rings (SSSR count). The van der Waals surface area contributed by atoms with Crippen molar-refractivity contribution < 1.29 is 23.2 Å². The fourth-order valence-electron chi connectivity index (χ4n) is 6.04. The molecule has 3 heterocycles. The largest absolute Gasteiger partial charge is 0.492 e. The van der Waals surface area contributed by atoms with Crippen molar-refractivity contribution in [3.63, 3.8) is 0 Å². The molecule has 2 N–H and O–H groups in total. The monoisotopic (exact) mass is 470 g/mol. The predicted octanol–water partition coefficient (Wildman–Crippen LogP) is 4.18. The van der Waals surface area contributed by atoms with Crippen molar-refractivity contribution in [2.45, 2.75) is 49.0 Å². The Morgan fingerprint density at radius 1 is 1.27 bits per heavy atom. The minimum Gasteiger partial charge on any atom is -0.492 e. The lowest BCUT2D eigenvalue weighted by atomic mass is 9.95. The zero-order valence-corrected chi connectivity index (χ0v) is 19.1. The maximum Gasteiger partial charge on any atom is 0.341 e. The van der Waals surface area contributed by atoms with Crippen molar-refractivity contribution in [3.8, 4) is 5.75 Å². The molecule has 174 valence electrons. The van der Waals surface area contributed by atoms with Crippen LogP contribution in [-0.2, 0) is 17.4 Å². The van der Waals surface area contributed by atoms with Gasteiger partial charge in [-0.15, -0.1) is 0 Å². The van der Waals surface area contributed by atoms with E-state index in [1.54, 1.807) is 12.1 Å². The summed E-state index contributed by atoms with van der Waals surface area (Å²) >= 11 is 0. The van der Waals surface area contributed by atoms with Gasteiger partial charge in [0.1, 0.15) is 17.1 Å². The average molecular weight is 471 g/mol. The minimum atomic E-state index is -1.73. The summed E-state index contributed by atoms with van der Waals surface area (Å²) in [6.07, 6.45) is 5.23. The molecule has 4 aliphatic rings. The van der Waals surface area contributed by atoms with Crippen molar-refractivity contribution in [1.29, 1.82) is 0 Å². The molecule has 6 nitrogen and oxygen atoms in total. The van der Waals surface area contributed by atoms with Crippen LogP contribution < -0.4 is 9.46 Å². The van der Waals surface area contributed by atoms with Crippen LogP contribution in [0.3, 0.4) is 0 Å². The first-order chi connectivity index (χ1) is 16.0. The highest BCUT2D eigenvalue weighted by Gasteiger charge is 2.45. The van der Waals surface area contributed by atoms with Crippen LogP contribution in [-0.4, -0.2) is 45.9 Å². The number of nitrogens with zero attached hydrogens (tertiary/aromatic N) is 1. The van der Waals surface area contributed by atoms with Gasteiger partial charge in [-0.25, -0.2) is 13.4 Å². The number of anilines is 1. The summed E-state index contributed by atoms with van der Waals surface area (Å²) in [7, 11) is -1.73. The molecule has 33 heavy (non-hydrogen) atoms. The number of aromatic carboxylic acids is 1. The fourth-order valence-corrected chi connectivity index (χ4v) is 7.09. The molecule has 2 aromatic carbocycles. The molecule has 0 amide bonds. The number of hydrogen-bond acceptors (Lipinski definition) is 4. The van der Waals surface area contributed by atoms with E-state index in [1.807, 2.05) is 6.07 Å². The summed E-state index contributed by atoms with van der Waals surface area (Å²) < 4.78 is 36.2. The Morgan fingerprint density at radius 3 is 2.97 bits per heavy atom. The number of carboxylic acids is 1. The van der Waals surface area contributed by atoms with Crippen molar-refractivity contribution in [1.82, 2.24) is 4.90 Å². The van der Waals surface area contributed by atoms with Gasteiger partial charge in [0, 0.05) is 18.5 Å². The predicted molar refractivity (Wildman–Crippen MR) is 123 cm³/mol. The van der Waals surface area contributed by atoms with E-state index < -0.39 is 17.0 Å². The first-order valence-electron chi connectivity index (χ1n) is 11.7. The number of ether oxygens (including phenoxy) is 1. The Balaban J connectivity index is 1.27. The highest BCUT2D eigenvalue weighted by molar-refractivity contribution is 7.86. The first kappa shape index (κ1) is 21.1. The van der Waals surface area contributed by atoms with Crippen LogP contribution in [0.5, 0.6) is 5.75 Å². The number of fused-ring (bicyclic) bond motifs is 4. The summed E-state index contributed by atoms with van der Waals surface area (Å²) in [6, 6.07) is 8.51. The maximum atomic E-state index is 14.1. The van der Waals surface area contributed by atoms with Crippen LogP contribution in [0.1, 0.15) is 53.1 Å². The van der Waals surface area contributed by atoms with Gasteiger partial charge in [-0.1, -0.05) is 6.07 Å². The van der Waals surface area contributed by atoms with E-state index in [0.717, 1.165) is 37.1 Å². The second-order valence-electron chi connectivity index (χ2n) is 9.84. The zero-order chi connectivity index (χ0) is 22.7. The summed E-state index contributed by atoms with van der Waals surface area (Å²) in [4.78, 5) is 15.1. The molecule has 5 atom stereocenters. The molecular weight excluding hydrogens is 443 g/mol. The standard InChI is InChI=1S/C25H27FN2O4S/c26-17-3-6-22(15(10-17)8-14-9-18-2-1-7-28(18)12-14)33(31)27-21-5-4-19-20-11-16(20)13-32-24(19)23(21)25(29)30/h3-6,10,14,16,18,20,27H,1-2,7-9,11-13H2,(H,29,30). The van der Waals surface area contributed by atoms with Gasteiger partial charge >= 0.3 is 5.97 Å². The number of hydrogen-bond donors (Lipinski definition) is 2.